The Labute approximate surface area is 105 Å². The largest absolute Gasteiger partial charge is 0.382 e. The first kappa shape index (κ1) is 11.9. The van der Waals surface area contributed by atoms with Crippen molar-refractivity contribution in [3.63, 3.8) is 0 Å². The van der Waals surface area contributed by atoms with E-state index in [2.05, 4.69) is 21.2 Å². The fourth-order valence-corrected chi connectivity index (χ4v) is 2.65. The number of nitrogens with one attached hydrogen (secondary N) is 1. The molecule has 0 radical (unpaired) electrons. The van der Waals surface area contributed by atoms with E-state index in [4.69, 9.17) is 0 Å². The van der Waals surface area contributed by atoms with Gasteiger partial charge in [0.1, 0.15) is 0 Å². The normalized spacial score (nSPS) is 17.4. The Hall–Kier alpha value is -0.570. The van der Waals surface area contributed by atoms with Crippen molar-refractivity contribution in [2.75, 3.05) is 11.9 Å². The Balaban J connectivity index is 1.91. The van der Waals surface area contributed by atoms with Gasteiger partial charge in [0.15, 0.2) is 5.82 Å². The second-order valence-electron chi connectivity index (χ2n) is 4.49. The van der Waals surface area contributed by atoms with Crippen molar-refractivity contribution < 1.29 is 4.39 Å². The van der Waals surface area contributed by atoms with E-state index in [1.165, 1.54) is 32.1 Å². The number of hydrogen-bond acceptors (Lipinski definition) is 1. The molecule has 3 heteroatoms. The van der Waals surface area contributed by atoms with Crippen LogP contribution in [0, 0.1) is 11.7 Å². The molecule has 0 unspecified atom stereocenters. The molecule has 1 saturated carbocycles. The number of rotatable bonds is 3. The molecule has 0 spiro atoms. The van der Waals surface area contributed by atoms with E-state index in [-0.39, 0.29) is 5.82 Å². The average Bonchev–Trinajstić information content (AvgIpc) is 2.32. The molecule has 1 fully saturated rings. The van der Waals surface area contributed by atoms with E-state index >= 15 is 0 Å². The summed E-state index contributed by atoms with van der Waals surface area (Å²) in [5.74, 6) is 0.533. The van der Waals surface area contributed by atoms with Crippen LogP contribution in [0.15, 0.2) is 22.7 Å². The van der Waals surface area contributed by atoms with Gasteiger partial charge >= 0.3 is 0 Å². The summed E-state index contributed by atoms with van der Waals surface area (Å²) < 4.78 is 14.2. The lowest BCUT2D eigenvalue weighted by atomic mass is 9.89. The van der Waals surface area contributed by atoms with Gasteiger partial charge in [-0.25, -0.2) is 4.39 Å². The molecular formula is C13H17BrFN. The van der Waals surface area contributed by atoms with E-state index in [9.17, 15) is 4.39 Å². The minimum Gasteiger partial charge on any atom is -0.382 e. The van der Waals surface area contributed by atoms with Crippen LogP contribution < -0.4 is 5.32 Å². The average molecular weight is 286 g/mol. The number of anilines is 1. The highest BCUT2D eigenvalue weighted by molar-refractivity contribution is 9.10. The fourth-order valence-electron chi connectivity index (χ4n) is 2.29. The summed E-state index contributed by atoms with van der Waals surface area (Å²) in [6.45, 7) is 0.896. The molecule has 0 saturated heterocycles. The maximum atomic E-state index is 13.6. The van der Waals surface area contributed by atoms with Crippen LogP contribution in [0.4, 0.5) is 10.1 Å². The quantitative estimate of drug-likeness (QED) is 0.857. The van der Waals surface area contributed by atoms with Crippen LogP contribution in [0.2, 0.25) is 0 Å². The molecule has 88 valence electrons. The highest BCUT2D eigenvalue weighted by Crippen LogP contribution is 2.26. The number of hydrogen-bond donors (Lipinski definition) is 1. The number of benzene rings is 1. The zero-order chi connectivity index (χ0) is 11.4. The highest BCUT2D eigenvalue weighted by atomic mass is 79.9. The SMILES string of the molecule is Fc1c(Br)cccc1NCC1CCCCC1. The molecule has 1 aliphatic rings. The van der Waals surface area contributed by atoms with Gasteiger partial charge in [0.2, 0.25) is 0 Å². The van der Waals surface area contributed by atoms with Crippen LogP contribution >= 0.6 is 15.9 Å². The lowest BCUT2D eigenvalue weighted by molar-refractivity contribution is 0.373. The Morgan fingerprint density at radius 2 is 2.00 bits per heavy atom. The predicted octanol–water partition coefficient (Wildman–Crippen LogP) is 4.58. The van der Waals surface area contributed by atoms with Gasteiger partial charge in [-0.15, -0.1) is 0 Å². The predicted molar refractivity (Wildman–Crippen MR) is 69.2 cm³/mol. The van der Waals surface area contributed by atoms with Gasteiger partial charge in [0.25, 0.3) is 0 Å². The van der Waals surface area contributed by atoms with Crippen molar-refractivity contribution in [1.82, 2.24) is 0 Å². The standard InChI is InChI=1S/C13H17BrFN/c14-11-7-4-8-12(13(11)15)16-9-10-5-2-1-3-6-10/h4,7-8,10,16H,1-3,5-6,9H2. The van der Waals surface area contributed by atoms with Crippen LogP contribution in [0.25, 0.3) is 0 Å². The second kappa shape index (κ2) is 5.67. The lowest BCUT2D eigenvalue weighted by Gasteiger charge is -2.22. The molecular weight excluding hydrogens is 269 g/mol. The van der Waals surface area contributed by atoms with Gasteiger partial charge in [0, 0.05) is 6.54 Å². The van der Waals surface area contributed by atoms with Gasteiger partial charge in [-0.1, -0.05) is 25.3 Å². The van der Waals surface area contributed by atoms with E-state index in [0.717, 1.165) is 6.54 Å². The van der Waals surface area contributed by atoms with Crippen LogP contribution in [0.5, 0.6) is 0 Å². The second-order valence-corrected chi connectivity index (χ2v) is 5.34. The first-order valence-electron chi connectivity index (χ1n) is 5.95. The monoisotopic (exact) mass is 285 g/mol. The third-order valence-corrected chi connectivity index (χ3v) is 3.87. The minimum atomic E-state index is -0.182. The molecule has 0 heterocycles. The van der Waals surface area contributed by atoms with Crippen molar-refractivity contribution in [3.8, 4) is 0 Å². The summed E-state index contributed by atoms with van der Waals surface area (Å²) in [4.78, 5) is 0. The molecule has 1 N–H and O–H groups in total. The molecule has 2 rings (SSSR count). The van der Waals surface area contributed by atoms with Crippen molar-refractivity contribution >= 4 is 21.6 Å². The molecule has 1 nitrogen and oxygen atoms in total. The summed E-state index contributed by atoms with van der Waals surface area (Å²) in [6, 6.07) is 5.38. The Kier molecular flexibility index (Phi) is 4.22. The lowest BCUT2D eigenvalue weighted by Crippen LogP contribution is -2.17. The smallest absolute Gasteiger partial charge is 0.160 e. The molecule has 0 bridgehead atoms. The molecule has 1 aliphatic carbocycles. The number of halogens is 2. The minimum absolute atomic E-state index is 0.182. The maximum Gasteiger partial charge on any atom is 0.160 e. The van der Waals surface area contributed by atoms with E-state index < -0.39 is 0 Å². The first-order chi connectivity index (χ1) is 7.77. The van der Waals surface area contributed by atoms with Gasteiger partial charge in [0.05, 0.1) is 10.2 Å². The van der Waals surface area contributed by atoms with Crippen molar-refractivity contribution in [2.24, 2.45) is 5.92 Å². The van der Waals surface area contributed by atoms with Gasteiger partial charge in [-0.2, -0.15) is 0 Å². The third-order valence-electron chi connectivity index (χ3n) is 3.26. The van der Waals surface area contributed by atoms with E-state index in [1.54, 1.807) is 12.1 Å². The van der Waals surface area contributed by atoms with E-state index in [0.29, 0.717) is 16.1 Å². The van der Waals surface area contributed by atoms with Crippen LogP contribution in [0.3, 0.4) is 0 Å². The summed E-state index contributed by atoms with van der Waals surface area (Å²) in [7, 11) is 0. The summed E-state index contributed by atoms with van der Waals surface area (Å²) in [5, 5.41) is 3.22. The molecule has 0 aliphatic heterocycles. The van der Waals surface area contributed by atoms with Gasteiger partial charge < -0.3 is 5.32 Å². The molecule has 0 aromatic heterocycles. The molecule has 16 heavy (non-hydrogen) atoms. The zero-order valence-electron chi connectivity index (χ0n) is 9.31. The maximum absolute atomic E-state index is 13.6. The Morgan fingerprint density at radius 3 is 2.75 bits per heavy atom. The topological polar surface area (TPSA) is 12.0 Å². The fraction of sp³-hybridized carbons (Fsp3) is 0.538. The van der Waals surface area contributed by atoms with Crippen LogP contribution in [0.1, 0.15) is 32.1 Å². The first-order valence-corrected chi connectivity index (χ1v) is 6.74. The van der Waals surface area contributed by atoms with Gasteiger partial charge in [-0.3, -0.25) is 0 Å². The molecule has 0 amide bonds. The van der Waals surface area contributed by atoms with Crippen molar-refractivity contribution in [2.45, 2.75) is 32.1 Å². The third kappa shape index (κ3) is 2.97. The van der Waals surface area contributed by atoms with Crippen LogP contribution in [-0.2, 0) is 0 Å². The highest BCUT2D eigenvalue weighted by Gasteiger charge is 2.14. The summed E-state index contributed by atoms with van der Waals surface area (Å²) in [5.41, 5.74) is 0.611. The molecule has 0 atom stereocenters. The zero-order valence-corrected chi connectivity index (χ0v) is 10.9. The van der Waals surface area contributed by atoms with Gasteiger partial charge in [-0.05, 0) is 46.8 Å². The van der Waals surface area contributed by atoms with Crippen molar-refractivity contribution in [3.05, 3.63) is 28.5 Å². The van der Waals surface area contributed by atoms with Crippen molar-refractivity contribution in [1.29, 1.82) is 0 Å². The Morgan fingerprint density at radius 1 is 1.25 bits per heavy atom. The summed E-state index contributed by atoms with van der Waals surface area (Å²) >= 11 is 3.20. The van der Waals surface area contributed by atoms with E-state index in [1.807, 2.05) is 6.07 Å². The molecule has 1 aromatic carbocycles. The Bertz CT molecular complexity index is 348. The summed E-state index contributed by atoms with van der Waals surface area (Å²) in [6.07, 6.45) is 6.58. The molecule has 1 aromatic rings. The van der Waals surface area contributed by atoms with Crippen LogP contribution in [-0.4, -0.2) is 6.54 Å².